The van der Waals surface area contributed by atoms with Crippen LogP contribution in [0.5, 0.6) is 0 Å². The van der Waals surface area contributed by atoms with E-state index < -0.39 is 0 Å². The van der Waals surface area contributed by atoms with Gasteiger partial charge in [0.15, 0.2) is 0 Å². The Bertz CT molecular complexity index is 1110. The van der Waals surface area contributed by atoms with E-state index in [-0.39, 0.29) is 0 Å². The van der Waals surface area contributed by atoms with Gasteiger partial charge in [-0.2, -0.15) is 0 Å². The Morgan fingerprint density at radius 2 is 1.65 bits per heavy atom. The van der Waals surface area contributed by atoms with Crippen molar-refractivity contribution >= 4 is 67.9 Å². The van der Waals surface area contributed by atoms with Crippen molar-refractivity contribution in [1.82, 2.24) is 9.97 Å². The molecule has 0 bridgehead atoms. The second-order valence-electron chi connectivity index (χ2n) is 5.79. The number of benzene rings is 2. The van der Waals surface area contributed by atoms with Gasteiger partial charge in [-0.3, -0.25) is 0 Å². The van der Waals surface area contributed by atoms with Gasteiger partial charge in [-0.1, -0.05) is 64.6 Å². The SMILES string of the molecule is Cc1ccc(-c2csc3ncnc(Nc4cc(Cl)c(Cl)cc4Cl)c23)cc1. The van der Waals surface area contributed by atoms with Gasteiger partial charge in [0.05, 0.1) is 26.1 Å². The van der Waals surface area contributed by atoms with Crippen LogP contribution in [0.4, 0.5) is 11.5 Å². The fourth-order valence-electron chi connectivity index (χ4n) is 2.66. The number of rotatable bonds is 3. The van der Waals surface area contributed by atoms with Gasteiger partial charge in [0.2, 0.25) is 0 Å². The van der Waals surface area contributed by atoms with Gasteiger partial charge >= 0.3 is 0 Å². The largest absolute Gasteiger partial charge is 0.338 e. The maximum Gasteiger partial charge on any atom is 0.143 e. The second kappa shape index (κ2) is 7.05. The number of aromatic nitrogens is 2. The Kier molecular flexibility index (Phi) is 4.76. The summed E-state index contributed by atoms with van der Waals surface area (Å²) in [6.07, 6.45) is 1.53. The minimum absolute atomic E-state index is 0.408. The quantitative estimate of drug-likeness (QED) is 0.351. The lowest BCUT2D eigenvalue weighted by atomic mass is 10.0. The fourth-order valence-corrected chi connectivity index (χ4v) is 4.17. The van der Waals surface area contributed by atoms with Crippen LogP contribution in [-0.4, -0.2) is 9.97 Å². The molecule has 0 spiro atoms. The maximum absolute atomic E-state index is 6.30. The fraction of sp³-hybridized carbons (Fsp3) is 0.0526. The van der Waals surface area contributed by atoms with Gasteiger partial charge in [-0.15, -0.1) is 11.3 Å². The Hall–Kier alpha value is -1.85. The highest BCUT2D eigenvalue weighted by Crippen LogP contribution is 2.39. The Morgan fingerprint density at radius 1 is 0.923 bits per heavy atom. The standard InChI is InChI=1S/C19H12Cl3N3S/c1-10-2-4-11(5-3-10)12-8-26-19-17(12)18(23-9-24-19)25-16-7-14(21)13(20)6-15(16)22/h2-9H,1H3,(H,23,24,25). The number of hydrogen-bond acceptors (Lipinski definition) is 4. The summed E-state index contributed by atoms with van der Waals surface area (Å²) in [6.45, 7) is 2.07. The molecular formula is C19H12Cl3N3S. The van der Waals surface area contributed by atoms with Gasteiger partial charge in [0.25, 0.3) is 0 Å². The molecule has 130 valence electrons. The number of hydrogen-bond donors (Lipinski definition) is 1. The highest BCUT2D eigenvalue weighted by molar-refractivity contribution is 7.17. The molecular weight excluding hydrogens is 409 g/mol. The summed E-state index contributed by atoms with van der Waals surface area (Å²) >= 11 is 20.0. The molecule has 7 heteroatoms. The van der Waals surface area contributed by atoms with E-state index in [1.165, 1.54) is 11.9 Å². The first kappa shape index (κ1) is 17.6. The van der Waals surface area contributed by atoms with E-state index in [4.69, 9.17) is 34.8 Å². The van der Waals surface area contributed by atoms with E-state index in [0.717, 1.165) is 21.3 Å². The van der Waals surface area contributed by atoms with E-state index in [9.17, 15) is 0 Å². The molecule has 4 aromatic rings. The van der Waals surface area contributed by atoms with Crippen molar-refractivity contribution in [2.24, 2.45) is 0 Å². The lowest BCUT2D eigenvalue weighted by Gasteiger charge is -2.11. The van der Waals surface area contributed by atoms with Crippen molar-refractivity contribution in [3.63, 3.8) is 0 Å². The van der Waals surface area contributed by atoms with Crippen molar-refractivity contribution in [2.45, 2.75) is 6.92 Å². The molecule has 0 aliphatic carbocycles. The average molecular weight is 421 g/mol. The van der Waals surface area contributed by atoms with Gasteiger partial charge in [0, 0.05) is 10.9 Å². The minimum Gasteiger partial charge on any atom is -0.338 e. The molecule has 26 heavy (non-hydrogen) atoms. The highest BCUT2D eigenvalue weighted by Gasteiger charge is 2.15. The maximum atomic E-state index is 6.30. The summed E-state index contributed by atoms with van der Waals surface area (Å²) in [7, 11) is 0. The molecule has 0 aliphatic heterocycles. The number of aryl methyl sites for hydroxylation is 1. The number of fused-ring (bicyclic) bond motifs is 1. The minimum atomic E-state index is 0.408. The molecule has 2 heterocycles. The zero-order chi connectivity index (χ0) is 18.3. The summed E-state index contributed by atoms with van der Waals surface area (Å²) < 4.78 is 0. The van der Waals surface area contributed by atoms with Crippen LogP contribution < -0.4 is 5.32 Å². The molecule has 3 nitrogen and oxygen atoms in total. The van der Waals surface area contributed by atoms with E-state index in [0.29, 0.717) is 26.6 Å². The van der Waals surface area contributed by atoms with E-state index in [1.54, 1.807) is 23.5 Å². The van der Waals surface area contributed by atoms with E-state index in [1.807, 2.05) is 0 Å². The third-order valence-electron chi connectivity index (χ3n) is 4.00. The van der Waals surface area contributed by atoms with Crippen molar-refractivity contribution in [3.8, 4) is 11.1 Å². The van der Waals surface area contributed by atoms with Gasteiger partial charge in [0.1, 0.15) is 17.0 Å². The van der Waals surface area contributed by atoms with Crippen molar-refractivity contribution < 1.29 is 0 Å². The van der Waals surface area contributed by atoms with E-state index in [2.05, 4.69) is 51.9 Å². The Balaban J connectivity index is 1.85. The smallest absolute Gasteiger partial charge is 0.143 e. The molecule has 0 aliphatic rings. The average Bonchev–Trinajstić information content (AvgIpc) is 3.05. The van der Waals surface area contributed by atoms with Gasteiger partial charge in [-0.25, -0.2) is 9.97 Å². The predicted octanol–water partition coefficient (Wildman–Crippen LogP) is 7.37. The predicted molar refractivity (Wildman–Crippen MR) is 112 cm³/mol. The lowest BCUT2D eigenvalue weighted by Crippen LogP contribution is -1.96. The summed E-state index contributed by atoms with van der Waals surface area (Å²) in [4.78, 5) is 9.71. The van der Waals surface area contributed by atoms with Crippen LogP contribution in [0.3, 0.4) is 0 Å². The normalized spacial score (nSPS) is 11.1. The molecule has 0 fully saturated rings. The third-order valence-corrected chi connectivity index (χ3v) is 5.92. The van der Waals surface area contributed by atoms with Crippen LogP contribution in [0.1, 0.15) is 5.56 Å². The summed E-state index contributed by atoms with van der Waals surface area (Å²) in [5.41, 5.74) is 4.04. The third kappa shape index (κ3) is 3.26. The van der Waals surface area contributed by atoms with Crippen LogP contribution in [0, 0.1) is 6.92 Å². The molecule has 0 atom stereocenters. The molecule has 0 saturated carbocycles. The van der Waals surface area contributed by atoms with Crippen molar-refractivity contribution in [3.05, 3.63) is 68.7 Å². The number of thiophene rings is 1. The van der Waals surface area contributed by atoms with Gasteiger partial charge < -0.3 is 5.32 Å². The Morgan fingerprint density at radius 3 is 2.42 bits per heavy atom. The summed E-state index contributed by atoms with van der Waals surface area (Å²) in [5.74, 6) is 0.673. The van der Waals surface area contributed by atoms with Crippen LogP contribution in [0.15, 0.2) is 48.1 Å². The van der Waals surface area contributed by atoms with Crippen LogP contribution in [0.2, 0.25) is 15.1 Å². The monoisotopic (exact) mass is 419 g/mol. The molecule has 0 unspecified atom stereocenters. The zero-order valence-corrected chi connectivity index (χ0v) is 16.6. The highest BCUT2D eigenvalue weighted by atomic mass is 35.5. The van der Waals surface area contributed by atoms with Crippen LogP contribution in [-0.2, 0) is 0 Å². The zero-order valence-electron chi connectivity index (χ0n) is 13.6. The molecule has 2 aromatic carbocycles. The molecule has 0 radical (unpaired) electrons. The summed E-state index contributed by atoms with van der Waals surface area (Å²) in [6, 6.07) is 11.7. The lowest BCUT2D eigenvalue weighted by molar-refractivity contribution is 1.23. The molecule has 0 saturated heterocycles. The molecule has 0 amide bonds. The molecule has 2 aromatic heterocycles. The number of nitrogens with zero attached hydrogens (tertiary/aromatic N) is 2. The Labute approximate surface area is 169 Å². The number of nitrogens with one attached hydrogen (secondary N) is 1. The number of halogens is 3. The van der Waals surface area contributed by atoms with Crippen LogP contribution in [0.25, 0.3) is 21.3 Å². The first-order chi connectivity index (χ1) is 12.5. The summed E-state index contributed by atoms with van der Waals surface area (Å²) in [5, 5.41) is 7.61. The van der Waals surface area contributed by atoms with Crippen molar-refractivity contribution in [1.29, 1.82) is 0 Å². The molecule has 1 N–H and O–H groups in total. The first-order valence-corrected chi connectivity index (χ1v) is 9.75. The molecule has 4 rings (SSSR count). The second-order valence-corrected chi connectivity index (χ2v) is 7.87. The van der Waals surface area contributed by atoms with E-state index >= 15 is 0 Å². The van der Waals surface area contributed by atoms with Gasteiger partial charge in [-0.05, 0) is 24.6 Å². The van der Waals surface area contributed by atoms with Crippen LogP contribution >= 0.6 is 46.1 Å². The topological polar surface area (TPSA) is 37.8 Å². The van der Waals surface area contributed by atoms with Crippen molar-refractivity contribution in [2.75, 3.05) is 5.32 Å². The number of anilines is 2. The first-order valence-electron chi connectivity index (χ1n) is 7.74.